The summed E-state index contributed by atoms with van der Waals surface area (Å²) in [6, 6.07) is 0. The van der Waals surface area contributed by atoms with Crippen molar-refractivity contribution in [2.75, 3.05) is 6.61 Å². The Hall–Kier alpha value is -1.36. The highest BCUT2D eigenvalue weighted by Crippen LogP contribution is 2.46. The Morgan fingerprint density at radius 2 is 1.90 bits per heavy atom. The van der Waals surface area contributed by atoms with Crippen LogP contribution in [0.1, 0.15) is 57.8 Å². The van der Waals surface area contributed by atoms with Crippen molar-refractivity contribution in [1.82, 2.24) is 9.97 Å². The zero-order valence-electron chi connectivity index (χ0n) is 12.7. The van der Waals surface area contributed by atoms with Crippen molar-refractivity contribution in [3.05, 3.63) is 21.7 Å². The molecule has 0 aliphatic heterocycles. The minimum atomic E-state index is -0.575. The Kier molecular flexibility index (Phi) is 3.91. The molecule has 0 radical (unpaired) electrons. The molecule has 20 heavy (non-hydrogen) atoms. The zero-order chi connectivity index (χ0) is 15.0. The number of hydrogen-bond acceptors (Lipinski definition) is 4. The molecule has 5 nitrogen and oxygen atoms in total. The smallest absolute Gasteiger partial charge is 0.257 e. The lowest BCUT2D eigenvalue weighted by Gasteiger charge is -2.42. The van der Waals surface area contributed by atoms with E-state index in [1.165, 1.54) is 0 Å². The summed E-state index contributed by atoms with van der Waals surface area (Å²) in [5, 5.41) is 9.81. The molecule has 1 fully saturated rings. The molecule has 1 aliphatic carbocycles. The van der Waals surface area contributed by atoms with Crippen molar-refractivity contribution in [1.29, 1.82) is 0 Å². The van der Waals surface area contributed by atoms with Crippen molar-refractivity contribution in [2.24, 2.45) is 5.41 Å². The van der Waals surface area contributed by atoms with Crippen LogP contribution in [-0.4, -0.2) is 21.7 Å². The van der Waals surface area contributed by atoms with Gasteiger partial charge in [-0.25, -0.2) is 0 Å². The van der Waals surface area contributed by atoms with Gasteiger partial charge in [0.25, 0.3) is 5.56 Å². The standard InChI is InChI=1S/C15H24N2O3/c1-5-20-15(8-6-14(3,4)7-9-15)13-16-11(18)10(2)12(19)17-13/h5-9H2,1-4H3,(H2,16,17,18,19). The molecular formula is C15H24N2O3. The summed E-state index contributed by atoms with van der Waals surface area (Å²) >= 11 is 0. The van der Waals surface area contributed by atoms with E-state index in [0.29, 0.717) is 12.4 Å². The van der Waals surface area contributed by atoms with Crippen LogP contribution in [-0.2, 0) is 10.3 Å². The maximum Gasteiger partial charge on any atom is 0.257 e. The van der Waals surface area contributed by atoms with E-state index < -0.39 is 5.60 Å². The van der Waals surface area contributed by atoms with Crippen LogP contribution < -0.4 is 5.56 Å². The summed E-state index contributed by atoms with van der Waals surface area (Å²) in [6.07, 6.45) is 3.62. The number of nitrogens with one attached hydrogen (secondary N) is 1. The second kappa shape index (κ2) is 5.20. The van der Waals surface area contributed by atoms with Crippen molar-refractivity contribution in [2.45, 2.75) is 59.0 Å². The zero-order valence-corrected chi connectivity index (χ0v) is 12.7. The number of aromatic amines is 1. The molecule has 1 aliphatic rings. The first kappa shape index (κ1) is 15.0. The number of aromatic nitrogens is 2. The molecule has 112 valence electrons. The van der Waals surface area contributed by atoms with E-state index in [0.717, 1.165) is 25.7 Å². The molecule has 1 aromatic rings. The second-order valence-electron chi connectivity index (χ2n) is 6.45. The first-order valence-electron chi connectivity index (χ1n) is 7.24. The molecule has 2 rings (SSSR count). The van der Waals surface area contributed by atoms with Gasteiger partial charge >= 0.3 is 0 Å². The van der Waals surface area contributed by atoms with Crippen LogP contribution in [0, 0.1) is 12.3 Å². The number of hydrogen-bond donors (Lipinski definition) is 2. The molecule has 1 aromatic heterocycles. The fraction of sp³-hybridized carbons (Fsp3) is 0.733. The van der Waals surface area contributed by atoms with Gasteiger partial charge in [0.2, 0.25) is 5.88 Å². The van der Waals surface area contributed by atoms with Crippen LogP contribution in [0.5, 0.6) is 5.88 Å². The average Bonchev–Trinajstić information content (AvgIpc) is 2.38. The normalized spacial score (nSPS) is 20.8. The van der Waals surface area contributed by atoms with E-state index in [4.69, 9.17) is 4.74 Å². The van der Waals surface area contributed by atoms with Gasteiger partial charge in [-0.05, 0) is 44.9 Å². The van der Waals surface area contributed by atoms with Gasteiger partial charge in [0.05, 0.1) is 5.56 Å². The highest BCUT2D eigenvalue weighted by Gasteiger charge is 2.42. The van der Waals surface area contributed by atoms with Crippen LogP contribution in [0.25, 0.3) is 0 Å². The largest absolute Gasteiger partial charge is 0.493 e. The van der Waals surface area contributed by atoms with Crippen molar-refractivity contribution in [3.8, 4) is 5.88 Å². The van der Waals surface area contributed by atoms with Crippen LogP contribution in [0.3, 0.4) is 0 Å². The van der Waals surface area contributed by atoms with Crippen molar-refractivity contribution >= 4 is 0 Å². The Morgan fingerprint density at radius 3 is 2.40 bits per heavy atom. The maximum atomic E-state index is 11.9. The van der Waals surface area contributed by atoms with Gasteiger partial charge in [-0.15, -0.1) is 0 Å². The summed E-state index contributed by atoms with van der Waals surface area (Å²) in [4.78, 5) is 18.8. The van der Waals surface area contributed by atoms with E-state index in [1.54, 1.807) is 6.92 Å². The van der Waals surface area contributed by atoms with E-state index in [9.17, 15) is 9.90 Å². The topological polar surface area (TPSA) is 75.2 Å². The molecule has 0 bridgehead atoms. The Bertz CT molecular complexity index is 539. The van der Waals surface area contributed by atoms with E-state index in [-0.39, 0.29) is 22.4 Å². The first-order valence-corrected chi connectivity index (χ1v) is 7.24. The quantitative estimate of drug-likeness (QED) is 0.892. The molecule has 0 unspecified atom stereocenters. The number of H-pyrrole nitrogens is 1. The third-order valence-corrected chi connectivity index (χ3v) is 4.39. The fourth-order valence-corrected chi connectivity index (χ4v) is 2.79. The summed E-state index contributed by atoms with van der Waals surface area (Å²) in [6.45, 7) is 8.53. The van der Waals surface area contributed by atoms with Crippen molar-refractivity contribution in [3.63, 3.8) is 0 Å². The second-order valence-corrected chi connectivity index (χ2v) is 6.45. The van der Waals surface area contributed by atoms with Crippen LogP contribution in [0.15, 0.2) is 4.79 Å². The monoisotopic (exact) mass is 280 g/mol. The average molecular weight is 280 g/mol. The minimum absolute atomic E-state index is 0.201. The minimum Gasteiger partial charge on any atom is -0.493 e. The highest BCUT2D eigenvalue weighted by molar-refractivity contribution is 5.22. The van der Waals surface area contributed by atoms with Gasteiger partial charge < -0.3 is 14.8 Å². The van der Waals surface area contributed by atoms with Crippen LogP contribution >= 0.6 is 0 Å². The Balaban J connectivity index is 2.42. The SMILES string of the molecule is CCOC1(c2nc(O)c(C)c(=O)[nH]2)CCC(C)(C)CC1. The molecule has 0 aromatic carbocycles. The number of aromatic hydroxyl groups is 1. The van der Waals surface area contributed by atoms with Crippen LogP contribution in [0.2, 0.25) is 0 Å². The predicted octanol–water partition coefficient (Wildman–Crippen LogP) is 2.62. The number of ether oxygens (including phenoxy) is 1. The van der Waals surface area contributed by atoms with E-state index in [1.807, 2.05) is 6.92 Å². The number of rotatable bonds is 3. The summed E-state index contributed by atoms with van der Waals surface area (Å²) in [7, 11) is 0. The molecule has 0 atom stereocenters. The van der Waals surface area contributed by atoms with Gasteiger partial charge in [0.1, 0.15) is 11.4 Å². The van der Waals surface area contributed by atoms with Gasteiger partial charge in [0, 0.05) is 6.61 Å². The summed E-state index contributed by atoms with van der Waals surface area (Å²) < 4.78 is 5.96. The van der Waals surface area contributed by atoms with Crippen LogP contribution in [0.4, 0.5) is 0 Å². The highest BCUT2D eigenvalue weighted by atomic mass is 16.5. The molecule has 1 saturated carbocycles. The molecular weight excluding hydrogens is 256 g/mol. The Morgan fingerprint density at radius 1 is 1.30 bits per heavy atom. The van der Waals surface area contributed by atoms with Crippen molar-refractivity contribution < 1.29 is 9.84 Å². The summed E-state index contributed by atoms with van der Waals surface area (Å²) in [5.41, 5.74) is -0.338. The summed E-state index contributed by atoms with van der Waals surface area (Å²) in [5.74, 6) is 0.260. The van der Waals surface area contributed by atoms with Gasteiger partial charge in [0.15, 0.2) is 0 Å². The third kappa shape index (κ3) is 2.73. The van der Waals surface area contributed by atoms with Gasteiger partial charge in [-0.3, -0.25) is 4.79 Å². The molecule has 0 saturated heterocycles. The molecule has 0 spiro atoms. The lowest BCUT2D eigenvalue weighted by Crippen LogP contribution is -2.40. The maximum absolute atomic E-state index is 11.9. The van der Waals surface area contributed by atoms with E-state index in [2.05, 4.69) is 23.8 Å². The van der Waals surface area contributed by atoms with Gasteiger partial charge in [-0.2, -0.15) is 4.98 Å². The van der Waals surface area contributed by atoms with Gasteiger partial charge in [-0.1, -0.05) is 13.8 Å². The predicted molar refractivity (Wildman–Crippen MR) is 76.8 cm³/mol. The molecule has 0 amide bonds. The molecule has 1 heterocycles. The first-order chi connectivity index (χ1) is 9.30. The fourth-order valence-electron chi connectivity index (χ4n) is 2.79. The van der Waals surface area contributed by atoms with E-state index >= 15 is 0 Å². The molecule has 2 N–H and O–H groups in total. The molecule has 5 heteroatoms. The third-order valence-electron chi connectivity index (χ3n) is 4.39. The lowest BCUT2D eigenvalue weighted by molar-refractivity contribution is -0.0952. The number of nitrogens with zero attached hydrogens (tertiary/aromatic N) is 1. The lowest BCUT2D eigenvalue weighted by atomic mass is 9.70. The Labute approximate surface area is 119 Å².